The Hall–Kier alpha value is -1.88. The first-order valence-electron chi connectivity index (χ1n) is 5.92. The van der Waals surface area contributed by atoms with E-state index in [9.17, 15) is 4.79 Å². The van der Waals surface area contributed by atoms with Gasteiger partial charge in [-0.3, -0.25) is 4.99 Å². The van der Waals surface area contributed by atoms with Crippen LogP contribution in [0.2, 0.25) is 0 Å². The standard InChI is InChI=1S/C13H12ClN3O2/c1-7-6-17-10-4-3-8(13(18)19-2)5-9(10)16-11(14)12(17)15-7/h3-5,7H,6H2,1-2H3. The third kappa shape index (κ3) is 1.90. The topological polar surface area (TPSA) is 54.3 Å². The highest BCUT2D eigenvalue weighted by molar-refractivity contribution is 6.85. The molecule has 98 valence electrons. The van der Waals surface area contributed by atoms with E-state index in [0.29, 0.717) is 22.3 Å². The molecule has 3 rings (SSSR count). The molecule has 2 heterocycles. The van der Waals surface area contributed by atoms with Crippen molar-refractivity contribution >= 4 is 40.0 Å². The van der Waals surface area contributed by atoms with E-state index in [4.69, 9.17) is 16.3 Å². The zero-order valence-corrected chi connectivity index (χ0v) is 11.3. The van der Waals surface area contributed by atoms with Crippen molar-refractivity contribution in [2.24, 2.45) is 9.98 Å². The van der Waals surface area contributed by atoms with E-state index in [2.05, 4.69) is 9.98 Å². The largest absolute Gasteiger partial charge is 0.465 e. The van der Waals surface area contributed by atoms with Crippen LogP contribution in [0.15, 0.2) is 28.2 Å². The number of fused-ring (bicyclic) bond motifs is 3. The Morgan fingerprint density at radius 1 is 1.53 bits per heavy atom. The maximum absolute atomic E-state index is 11.5. The summed E-state index contributed by atoms with van der Waals surface area (Å²) in [6, 6.07) is 5.44. The smallest absolute Gasteiger partial charge is 0.337 e. The van der Waals surface area contributed by atoms with Crippen LogP contribution in [0.1, 0.15) is 17.3 Å². The normalized spacial score (nSPS) is 20.4. The van der Waals surface area contributed by atoms with Gasteiger partial charge < -0.3 is 9.64 Å². The molecule has 2 aliphatic heterocycles. The Kier molecular flexibility index (Phi) is 2.78. The van der Waals surface area contributed by atoms with Crippen molar-refractivity contribution in [3.05, 3.63) is 23.8 Å². The Morgan fingerprint density at radius 3 is 3.05 bits per heavy atom. The number of rotatable bonds is 1. The highest BCUT2D eigenvalue weighted by Gasteiger charge is 2.31. The molecule has 5 nitrogen and oxygen atoms in total. The van der Waals surface area contributed by atoms with Crippen LogP contribution in [0, 0.1) is 0 Å². The monoisotopic (exact) mass is 277 g/mol. The minimum Gasteiger partial charge on any atom is -0.465 e. The van der Waals surface area contributed by atoms with Crippen LogP contribution in [-0.2, 0) is 4.74 Å². The molecule has 1 aromatic rings. The molecule has 0 radical (unpaired) electrons. The molecule has 0 amide bonds. The number of methoxy groups -OCH3 is 1. The molecule has 6 heteroatoms. The minimum absolute atomic E-state index is 0.185. The maximum atomic E-state index is 11.5. The van der Waals surface area contributed by atoms with Crippen LogP contribution in [0.25, 0.3) is 0 Å². The summed E-state index contributed by atoms with van der Waals surface area (Å²) in [5.74, 6) is 0.316. The lowest BCUT2D eigenvalue weighted by Gasteiger charge is -2.25. The average molecular weight is 278 g/mol. The number of ether oxygens (including phenoxy) is 1. The van der Waals surface area contributed by atoms with Crippen molar-refractivity contribution in [3.63, 3.8) is 0 Å². The zero-order valence-electron chi connectivity index (χ0n) is 10.6. The quantitative estimate of drug-likeness (QED) is 0.741. The lowest BCUT2D eigenvalue weighted by molar-refractivity contribution is 0.0601. The second kappa shape index (κ2) is 4.35. The van der Waals surface area contributed by atoms with E-state index >= 15 is 0 Å². The van der Waals surface area contributed by atoms with Gasteiger partial charge in [-0.05, 0) is 25.1 Å². The predicted molar refractivity (Wildman–Crippen MR) is 75.0 cm³/mol. The Balaban J connectivity index is 2.09. The number of benzene rings is 1. The molecule has 0 fully saturated rings. The predicted octanol–water partition coefficient (Wildman–Crippen LogP) is 2.36. The van der Waals surface area contributed by atoms with Crippen molar-refractivity contribution in [2.75, 3.05) is 18.6 Å². The molecule has 0 spiro atoms. The highest BCUT2D eigenvalue weighted by atomic mass is 35.5. The maximum Gasteiger partial charge on any atom is 0.337 e. The van der Waals surface area contributed by atoms with Crippen molar-refractivity contribution in [3.8, 4) is 0 Å². The van der Waals surface area contributed by atoms with Crippen molar-refractivity contribution in [2.45, 2.75) is 13.0 Å². The van der Waals surface area contributed by atoms with Gasteiger partial charge in [-0.1, -0.05) is 11.6 Å². The molecule has 0 aliphatic carbocycles. The number of nitrogens with zero attached hydrogens (tertiary/aromatic N) is 3. The SMILES string of the molecule is COC(=O)c1ccc2c(c1)N=C(Cl)C1=NC(C)CN12. The lowest BCUT2D eigenvalue weighted by atomic mass is 10.1. The average Bonchev–Trinajstić information content (AvgIpc) is 2.80. The third-order valence-corrected chi connectivity index (χ3v) is 3.39. The molecule has 1 aromatic carbocycles. The van der Waals surface area contributed by atoms with E-state index in [1.54, 1.807) is 12.1 Å². The van der Waals surface area contributed by atoms with Gasteiger partial charge in [0.25, 0.3) is 0 Å². The molecule has 1 atom stereocenters. The van der Waals surface area contributed by atoms with Crippen molar-refractivity contribution in [1.29, 1.82) is 0 Å². The number of esters is 1. The number of hydrogen-bond donors (Lipinski definition) is 0. The summed E-state index contributed by atoms with van der Waals surface area (Å²) < 4.78 is 4.70. The summed E-state index contributed by atoms with van der Waals surface area (Å²) in [5, 5.41) is 0.360. The molecule has 1 unspecified atom stereocenters. The molecule has 19 heavy (non-hydrogen) atoms. The first-order valence-corrected chi connectivity index (χ1v) is 6.30. The second-order valence-electron chi connectivity index (χ2n) is 4.51. The summed E-state index contributed by atoms with van der Waals surface area (Å²) in [5.41, 5.74) is 2.04. The number of amidine groups is 1. The Labute approximate surface area is 115 Å². The van der Waals surface area contributed by atoms with Crippen LogP contribution >= 0.6 is 11.6 Å². The van der Waals surface area contributed by atoms with Gasteiger partial charge in [-0.25, -0.2) is 9.79 Å². The summed E-state index contributed by atoms with van der Waals surface area (Å²) in [7, 11) is 1.35. The molecule has 0 saturated heterocycles. The first kappa shape index (κ1) is 12.2. The fourth-order valence-electron chi connectivity index (χ4n) is 2.29. The van der Waals surface area contributed by atoms with Crippen LogP contribution in [0.4, 0.5) is 11.4 Å². The molecule has 2 aliphatic rings. The number of anilines is 1. The van der Waals surface area contributed by atoms with Crippen LogP contribution in [-0.4, -0.2) is 36.7 Å². The molecule has 0 saturated carbocycles. The number of carbonyl (C=O) groups excluding carboxylic acids is 1. The zero-order chi connectivity index (χ0) is 13.6. The van der Waals surface area contributed by atoms with Gasteiger partial charge in [0.1, 0.15) is 0 Å². The van der Waals surface area contributed by atoms with Gasteiger partial charge in [0, 0.05) is 6.54 Å². The first-order chi connectivity index (χ1) is 9.10. The van der Waals surface area contributed by atoms with Crippen LogP contribution < -0.4 is 4.90 Å². The fraction of sp³-hybridized carbons (Fsp3) is 0.308. The van der Waals surface area contributed by atoms with E-state index in [1.165, 1.54) is 7.11 Å². The Bertz CT molecular complexity index is 624. The Morgan fingerprint density at radius 2 is 2.32 bits per heavy atom. The number of aliphatic imine (C=N–C) groups is 2. The third-order valence-electron chi connectivity index (χ3n) is 3.14. The molecule has 0 bridgehead atoms. The van der Waals surface area contributed by atoms with E-state index in [0.717, 1.165) is 12.2 Å². The number of carbonyl (C=O) groups is 1. The van der Waals surface area contributed by atoms with Gasteiger partial charge in [0.05, 0.1) is 30.1 Å². The molecule has 0 N–H and O–H groups in total. The highest BCUT2D eigenvalue weighted by Crippen LogP contribution is 2.36. The molecular formula is C13H12ClN3O2. The summed E-state index contributed by atoms with van der Waals surface area (Å²) >= 11 is 6.14. The van der Waals surface area contributed by atoms with Crippen LogP contribution in [0.3, 0.4) is 0 Å². The van der Waals surface area contributed by atoms with Gasteiger partial charge in [0.2, 0.25) is 0 Å². The second-order valence-corrected chi connectivity index (χ2v) is 4.87. The van der Waals surface area contributed by atoms with Gasteiger partial charge in [-0.15, -0.1) is 0 Å². The van der Waals surface area contributed by atoms with Crippen molar-refractivity contribution < 1.29 is 9.53 Å². The summed E-state index contributed by atoms with van der Waals surface area (Å²) in [4.78, 5) is 22.3. The van der Waals surface area contributed by atoms with Gasteiger partial charge in [0.15, 0.2) is 11.0 Å². The van der Waals surface area contributed by atoms with Crippen LogP contribution in [0.5, 0.6) is 0 Å². The fourth-order valence-corrected chi connectivity index (χ4v) is 2.53. The summed E-state index contributed by atoms with van der Waals surface area (Å²) in [6.07, 6.45) is 0. The minimum atomic E-state index is -0.386. The van der Waals surface area contributed by atoms with Gasteiger partial charge >= 0.3 is 5.97 Å². The number of halogens is 1. The van der Waals surface area contributed by atoms with E-state index in [-0.39, 0.29) is 12.0 Å². The molecular weight excluding hydrogens is 266 g/mol. The van der Waals surface area contributed by atoms with Gasteiger partial charge in [-0.2, -0.15) is 0 Å². The molecule has 0 aromatic heterocycles. The van der Waals surface area contributed by atoms with Crippen molar-refractivity contribution in [1.82, 2.24) is 0 Å². The number of hydrogen-bond acceptors (Lipinski definition) is 5. The van der Waals surface area contributed by atoms with E-state index < -0.39 is 0 Å². The lowest BCUT2D eigenvalue weighted by Crippen LogP contribution is -2.34. The summed E-state index contributed by atoms with van der Waals surface area (Å²) in [6.45, 7) is 2.80. The van der Waals surface area contributed by atoms with E-state index in [1.807, 2.05) is 17.9 Å².